The average molecular weight is 316 g/mol. The molecule has 2 amide bonds. The fourth-order valence-corrected chi connectivity index (χ4v) is 3.00. The number of thiocarbonyl (C=S) groups is 1. The summed E-state index contributed by atoms with van der Waals surface area (Å²) in [6, 6.07) is 2.35. The molecule has 1 saturated heterocycles. The Bertz CT molecular complexity index is 595. The minimum atomic E-state index is -1.07. The number of amides is 2. The third-order valence-electron chi connectivity index (χ3n) is 2.61. The van der Waals surface area contributed by atoms with Gasteiger partial charge in [0.25, 0.3) is 5.91 Å². The van der Waals surface area contributed by atoms with Crippen molar-refractivity contribution in [3.8, 4) is 0 Å². The summed E-state index contributed by atoms with van der Waals surface area (Å²) in [4.78, 5) is 24.4. The van der Waals surface area contributed by atoms with E-state index in [1.165, 1.54) is 24.8 Å². The van der Waals surface area contributed by atoms with Gasteiger partial charge in [-0.05, 0) is 12.1 Å². The minimum absolute atomic E-state index is 0.140. The standard InChI is InChI=1S/C12H10F2N2O2S2/c1-6(17)15-10-5-20-12(19)16(11(10)18)7-2-3-8(13)9(14)4-7/h2-4,10H,5H2,1H3,(H,15,17). The number of carbonyl (C=O) groups is 2. The molecule has 0 aromatic heterocycles. The van der Waals surface area contributed by atoms with Gasteiger partial charge in [-0.3, -0.25) is 14.5 Å². The molecule has 1 aliphatic heterocycles. The number of rotatable bonds is 2. The molecule has 0 spiro atoms. The monoisotopic (exact) mass is 316 g/mol. The van der Waals surface area contributed by atoms with E-state index in [1.54, 1.807) is 0 Å². The van der Waals surface area contributed by atoms with E-state index in [0.29, 0.717) is 5.75 Å². The van der Waals surface area contributed by atoms with Crippen molar-refractivity contribution in [3.63, 3.8) is 0 Å². The van der Waals surface area contributed by atoms with E-state index < -0.39 is 23.6 Å². The Balaban J connectivity index is 2.31. The lowest BCUT2D eigenvalue weighted by molar-refractivity contribution is -0.125. The number of anilines is 1. The molecule has 0 aliphatic carbocycles. The molecule has 1 heterocycles. The Labute approximate surface area is 123 Å². The Kier molecular flexibility index (Phi) is 4.34. The SMILES string of the molecule is CC(=O)NC1CSC(=S)N(c2ccc(F)c(F)c2)C1=O. The van der Waals surface area contributed by atoms with Crippen molar-refractivity contribution < 1.29 is 18.4 Å². The quantitative estimate of drug-likeness (QED) is 0.846. The van der Waals surface area contributed by atoms with Crippen LogP contribution in [0.2, 0.25) is 0 Å². The molecule has 1 unspecified atom stereocenters. The maximum Gasteiger partial charge on any atom is 0.256 e. The van der Waals surface area contributed by atoms with Gasteiger partial charge in [-0.1, -0.05) is 24.0 Å². The smallest absolute Gasteiger partial charge is 0.256 e. The summed E-state index contributed by atoms with van der Waals surface area (Å²) in [5.74, 6) is -2.56. The topological polar surface area (TPSA) is 49.4 Å². The number of nitrogens with one attached hydrogen (secondary N) is 1. The number of hydrogen-bond donors (Lipinski definition) is 1. The van der Waals surface area contributed by atoms with Crippen LogP contribution in [0.1, 0.15) is 6.92 Å². The zero-order valence-corrected chi connectivity index (χ0v) is 12.0. The Morgan fingerprint density at radius 1 is 1.45 bits per heavy atom. The summed E-state index contributed by atoms with van der Waals surface area (Å²) < 4.78 is 26.4. The van der Waals surface area contributed by atoms with E-state index in [2.05, 4.69) is 5.32 Å². The van der Waals surface area contributed by atoms with Crippen molar-refractivity contribution in [2.75, 3.05) is 10.7 Å². The predicted molar refractivity (Wildman–Crippen MR) is 76.5 cm³/mol. The molecule has 0 radical (unpaired) electrons. The maximum absolute atomic E-state index is 13.3. The van der Waals surface area contributed by atoms with Crippen LogP contribution >= 0.6 is 24.0 Å². The number of benzene rings is 1. The molecular weight excluding hydrogens is 306 g/mol. The van der Waals surface area contributed by atoms with Gasteiger partial charge >= 0.3 is 0 Å². The van der Waals surface area contributed by atoms with Gasteiger partial charge in [0, 0.05) is 18.7 Å². The first-order valence-electron chi connectivity index (χ1n) is 5.63. The van der Waals surface area contributed by atoms with Crippen molar-refractivity contribution in [2.45, 2.75) is 13.0 Å². The van der Waals surface area contributed by atoms with E-state index in [1.807, 2.05) is 0 Å². The summed E-state index contributed by atoms with van der Waals surface area (Å²) >= 11 is 6.26. The average Bonchev–Trinajstić information content (AvgIpc) is 2.37. The Morgan fingerprint density at radius 3 is 2.75 bits per heavy atom. The van der Waals surface area contributed by atoms with Gasteiger partial charge in [-0.2, -0.15) is 0 Å². The van der Waals surface area contributed by atoms with Crippen molar-refractivity contribution in [3.05, 3.63) is 29.8 Å². The third kappa shape index (κ3) is 2.96. The number of thioether (sulfide) groups is 1. The molecule has 1 atom stereocenters. The largest absolute Gasteiger partial charge is 0.344 e. The second kappa shape index (κ2) is 5.84. The highest BCUT2D eigenvalue weighted by Crippen LogP contribution is 2.27. The summed E-state index contributed by atoms with van der Waals surface area (Å²) in [6.07, 6.45) is 0. The predicted octanol–water partition coefficient (Wildman–Crippen LogP) is 1.83. The first-order valence-corrected chi connectivity index (χ1v) is 7.02. The first kappa shape index (κ1) is 14.9. The van der Waals surface area contributed by atoms with Crippen molar-refractivity contribution in [1.29, 1.82) is 0 Å². The van der Waals surface area contributed by atoms with Gasteiger partial charge in [-0.15, -0.1) is 0 Å². The fourth-order valence-electron chi connectivity index (χ4n) is 1.74. The molecule has 4 nitrogen and oxygen atoms in total. The van der Waals surface area contributed by atoms with Crippen molar-refractivity contribution >= 4 is 45.8 Å². The molecular formula is C12H10F2N2O2S2. The summed E-state index contributed by atoms with van der Waals surface area (Å²) in [6.45, 7) is 1.30. The Morgan fingerprint density at radius 2 is 2.15 bits per heavy atom. The lowest BCUT2D eigenvalue weighted by atomic mass is 10.2. The molecule has 1 N–H and O–H groups in total. The second-order valence-corrected chi connectivity index (χ2v) is 5.76. The molecule has 106 valence electrons. The third-order valence-corrected chi connectivity index (χ3v) is 4.08. The summed E-state index contributed by atoms with van der Waals surface area (Å²) in [5.41, 5.74) is 0.140. The highest BCUT2D eigenvalue weighted by molar-refractivity contribution is 8.23. The zero-order chi connectivity index (χ0) is 14.9. The van der Waals surface area contributed by atoms with Crippen LogP contribution < -0.4 is 10.2 Å². The minimum Gasteiger partial charge on any atom is -0.344 e. The fraction of sp³-hybridized carbons (Fsp3) is 0.250. The van der Waals surface area contributed by atoms with Crippen LogP contribution in [0.4, 0.5) is 14.5 Å². The normalized spacial score (nSPS) is 19.1. The lowest BCUT2D eigenvalue weighted by Crippen LogP contribution is -2.54. The molecule has 1 fully saturated rings. The molecule has 20 heavy (non-hydrogen) atoms. The van der Waals surface area contributed by atoms with Gasteiger partial charge in [0.2, 0.25) is 5.91 Å². The van der Waals surface area contributed by atoms with E-state index in [4.69, 9.17) is 12.2 Å². The molecule has 1 aromatic carbocycles. The van der Waals surface area contributed by atoms with E-state index in [9.17, 15) is 18.4 Å². The van der Waals surface area contributed by atoms with Crippen molar-refractivity contribution in [1.82, 2.24) is 5.32 Å². The maximum atomic E-state index is 13.3. The highest BCUT2D eigenvalue weighted by atomic mass is 32.2. The van der Waals surface area contributed by atoms with Gasteiger partial charge < -0.3 is 5.32 Å². The Hall–Kier alpha value is -1.54. The van der Waals surface area contributed by atoms with Gasteiger partial charge in [0.15, 0.2) is 11.6 Å². The number of halogens is 2. The number of hydrogen-bond acceptors (Lipinski definition) is 4. The number of nitrogens with zero attached hydrogens (tertiary/aromatic N) is 1. The van der Waals surface area contributed by atoms with Crippen LogP contribution in [0, 0.1) is 11.6 Å². The van der Waals surface area contributed by atoms with Crippen molar-refractivity contribution in [2.24, 2.45) is 0 Å². The van der Waals surface area contributed by atoms with Crippen LogP contribution in [0.15, 0.2) is 18.2 Å². The molecule has 0 bridgehead atoms. The number of carbonyl (C=O) groups excluding carboxylic acids is 2. The van der Waals surface area contributed by atoms with Gasteiger partial charge in [0.1, 0.15) is 10.4 Å². The molecule has 0 saturated carbocycles. The summed E-state index contributed by atoms with van der Waals surface area (Å²) in [7, 11) is 0. The molecule has 1 aliphatic rings. The molecule has 2 rings (SSSR count). The van der Waals surface area contributed by atoms with Crippen LogP contribution in [-0.2, 0) is 9.59 Å². The second-order valence-electron chi connectivity index (χ2n) is 4.10. The van der Waals surface area contributed by atoms with Crippen LogP contribution in [0.25, 0.3) is 0 Å². The van der Waals surface area contributed by atoms with E-state index >= 15 is 0 Å². The van der Waals surface area contributed by atoms with Gasteiger partial charge in [-0.25, -0.2) is 8.78 Å². The molecule has 8 heteroatoms. The first-order chi connectivity index (χ1) is 9.40. The van der Waals surface area contributed by atoms with Crippen LogP contribution in [0.3, 0.4) is 0 Å². The lowest BCUT2D eigenvalue weighted by Gasteiger charge is -2.32. The van der Waals surface area contributed by atoms with Gasteiger partial charge in [0.05, 0.1) is 5.69 Å². The molecule has 1 aromatic rings. The van der Waals surface area contributed by atoms with Crippen LogP contribution in [0.5, 0.6) is 0 Å². The zero-order valence-electron chi connectivity index (χ0n) is 10.4. The highest BCUT2D eigenvalue weighted by Gasteiger charge is 2.34. The van der Waals surface area contributed by atoms with E-state index in [-0.39, 0.29) is 15.9 Å². The van der Waals surface area contributed by atoms with E-state index in [0.717, 1.165) is 17.0 Å². The summed E-state index contributed by atoms with van der Waals surface area (Å²) in [5, 5.41) is 2.50. The van der Waals surface area contributed by atoms with Crippen LogP contribution in [-0.4, -0.2) is 27.9 Å².